The predicted molar refractivity (Wildman–Crippen MR) is 166 cm³/mol. The summed E-state index contributed by atoms with van der Waals surface area (Å²) in [6, 6.07) is 6.32. The summed E-state index contributed by atoms with van der Waals surface area (Å²) in [4.78, 5) is 48.1. The third kappa shape index (κ3) is 6.79. The maximum Gasteiger partial charge on any atom is 0.257 e. The average molecular weight is 611 g/mol. The van der Waals surface area contributed by atoms with E-state index in [0.29, 0.717) is 49.4 Å². The Labute approximate surface area is 255 Å². The summed E-state index contributed by atoms with van der Waals surface area (Å²) in [7, 11) is 5.82. The molecule has 4 heterocycles. The van der Waals surface area contributed by atoms with Crippen molar-refractivity contribution in [3.63, 3.8) is 0 Å². The number of aromatic nitrogens is 3. The first kappa shape index (κ1) is 30.1. The van der Waals surface area contributed by atoms with Gasteiger partial charge in [0.2, 0.25) is 5.91 Å². The highest BCUT2D eigenvalue weighted by atomic mass is 32.2. The van der Waals surface area contributed by atoms with Crippen molar-refractivity contribution in [1.82, 2.24) is 29.7 Å². The molecular formula is C29H38N8O3S2. The Morgan fingerprint density at radius 1 is 1.07 bits per heavy atom. The number of benzene rings is 1. The van der Waals surface area contributed by atoms with Gasteiger partial charge in [0.15, 0.2) is 5.13 Å². The average Bonchev–Trinajstić information content (AvgIpc) is 3.63. The van der Waals surface area contributed by atoms with Crippen molar-refractivity contribution in [2.45, 2.75) is 42.3 Å². The number of hydrogen-bond acceptors (Lipinski definition) is 11. The topological polar surface area (TPSA) is 107 Å². The molecule has 1 aromatic carbocycles. The van der Waals surface area contributed by atoms with Gasteiger partial charge in [-0.1, -0.05) is 23.1 Å². The van der Waals surface area contributed by atoms with E-state index in [0.717, 1.165) is 50.9 Å². The number of methoxy groups -OCH3 is 1. The van der Waals surface area contributed by atoms with E-state index in [-0.39, 0.29) is 11.8 Å². The van der Waals surface area contributed by atoms with Crippen LogP contribution in [-0.4, -0.2) is 108 Å². The molecule has 0 aliphatic carbocycles. The number of nitrogens with one attached hydrogen (secondary N) is 1. The molecule has 2 aliphatic rings. The second-order valence-electron chi connectivity index (χ2n) is 10.8. The van der Waals surface area contributed by atoms with Crippen molar-refractivity contribution in [2.75, 3.05) is 70.7 Å². The summed E-state index contributed by atoms with van der Waals surface area (Å²) >= 11 is 3.10. The van der Waals surface area contributed by atoms with Crippen molar-refractivity contribution in [3.05, 3.63) is 41.3 Å². The van der Waals surface area contributed by atoms with E-state index < -0.39 is 0 Å². The second kappa shape index (κ2) is 12.8. The molecule has 5 rings (SSSR count). The zero-order valence-electron chi connectivity index (χ0n) is 25.0. The molecule has 1 atom stereocenters. The van der Waals surface area contributed by atoms with E-state index in [1.807, 2.05) is 38.2 Å². The second-order valence-corrected chi connectivity index (χ2v) is 13.2. The van der Waals surface area contributed by atoms with Gasteiger partial charge in [-0.25, -0.2) is 15.0 Å². The minimum atomic E-state index is -0.0894. The Morgan fingerprint density at radius 3 is 2.48 bits per heavy atom. The van der Waals surface area contributed by atoms with Crippen LogP contribution in [0, 0.1) is 13.8 Å². The number of piperazine rings is 1. The highest BCUT2D eigenvalue weighted by Crippen LogP contribution is 2.39. The van der Waals surface area contributed by atoms with Gasteiger partial charge < -0.3 is 29.7 Å². The number of anilines is 3. The first-order valence-electron chi connectivity index (χ1n) is 14.0. The van der Waals surface area contributed by atoms with Crippen LogP contribution in [0.4, 0.5) is 16.8 Å². The molecule has 0 radical (unpaired) electrons. The van der Waals surface area contributed by atoms with Crippen LogP contribution in [-0.2, 0) is 4.79 Å². The quantitative estimate of drug-likeness (QED) is 0.404. The zero-order chi connectivity index (χ0) is 30.0. The van der Waals surface area contributed by atoms with Crippen LogP contribution in [0.5, 0.6) is 5.75 Å². The number of rotatable bonds is 8. The van der Waals surface area contributed by atoms with Crippen LogP contribution >= 0.6 is 23.1 Å². The van der Waals surface area contributed by atoms with Crippen LogP contribution in [0.25, 0.3) is 0 Å². The van der Waals surface area contributed by atoms with Crippen molar-refractivity contribution in [1.29, 1.82) is 0 Å². The highest BCUT2D eigenvalue weighted by Gasteiger charge is 2.27. The highest BCUT2D eigenvalue weighted by molar-refractivity contribution is 8.01. The van der Waals surface area contributed by atoms with E-state index in [1.165, 1.54) is 11.3 Å². The molecule has 2 aromatic heterocycles. The lowest BCUT2D eigenvalue weighted by Gasteiger charge is -2.34. The fourth-order valence-corrected chi connectivity index (χ4v) is 7.18. The summed E-state index contributed by atoms with van der Waals surface area (Å²) in [6.45, 7) is 9.47. The molecule has 2 aliphatic heterocycles. The summed E-state index contributed by atoms with van der Waals surface area (Å²) in [6.07, 6.45) is 2.95. The lowest BCUT2D eigenvalue weighted by molar-refractivity contribution is -0.130. The van der Waals surface area contributed by atoms with Gasteiger partial charge in [-0.05, 0) is 52.1 Å². The Balaban J connectivity index is 1.29. The number of carbonyl (C=O) groups is 2. The summed E-state index contributed by atoms with van der Waals surface area (Å²) < 4.78 is 6.57. The zero-order valence-corrected chi connectivity index (χ0v) is 26.6. The van der Waals surface area contributed by atoms with Gasteiger partial charge in [-0.3, -0.25) is 9.59 Å². The monoisotopic (exact) mass is 610 g/mol. The molecular weight excluding hydrogens is 573 g/mol. The molecule has 1 N–H and O–H groups in total. The van der Waals surface area contributed by atoms with E-state index in [4.69, 9.17) is 4.74 Å². The first-order chi connectivity index (χ1) is 20.1. The molecule has 13 heteroatoms. The number of thiazole rings is 1. The van der Waals surface area contributed by atoms with Crippen molar-refractivity contribution >= 4 is 51.7 Å². The Morgan fingerprint density at radius 2 is 1.81 bits per heavy atom. The van der Waals surface area contributed by atoms with Crippen molar-refractivity contribution in [3.8, 4) is 5.75 Å². The predicted octanol–water partition coefficient (Wildman–Crippen LogP) is 3.90. The van der Waals surface area contributed by atoms with Gasteiger partial charge >= 0.3 is 0 Å². The Kier molecular flexibility index (Phi) is 9.19. The van der Waals surface area contributed by atoms with Gasteiger partial charge in [-0.2, -0.15) is 0 Å². The van der Waals surface area contributed by atoms with Gasteiger partial charge in [0.05, 0.1) is 23.1 Å². The molecule has 0 unspecified atom stereocenters. The maximum atomic E-state index is 13.5. The lowest BCUT2D eigenvalue weighted by Crippen LogP contribution is -2.50. The summed E-state index contributed by atoms with van der Waals surface area (Å²) in [5, 5.41) is 4.10. The molecule has 0 saturated carbocycles. The number of aryl methyl sites for hydroxylation is 2. The first-order valence-corrected chi connectivity index (χ1v) is 15.7. The molecule has 11 nitrogen and oxygen atoms in total. The standard InChI is InChI=1S/C29H38N8O3S2/c1-18-13-23(40-6)22(28(39)36-11-9-35(10-12-36)20(3)38)14-24(18)41-27-16-30-29(42-27)33-25-15-26(32-19(2)31-25)37-8-7-21(17-37)34(4)5/h13-16,21H,7-12,17H2,1-6H3,(H,30,31,32,33)/t21-/m1/s1. The molecule has 224 valence electrons. The van der Waals surface area contributed by atoms with E-state index in [2.05, 4.69) is 44.2 Å². The third-order valence-corrected chi connectivity index (χ3v) is 9.89. The minimum absolute atomic E-state index is 0.0344. The minimum Gasteiger partial charge on any atom is -0.496 e. The van der Waals surface area contributed by atoms with Gasteiger partial charge in [0, 0.05) is 63.2 Å². The van der Waals surface area contributed by atoms with E-state index in [1.54, 1.807) is 35.6 Å². The van der Waals surface area contributed by atoms with Gasteiger partial charge in [-0.15, -0.1) is 0 Å². The normalized spacial score (nSPS) is 17.2. The van der Waals surface area contributed by atoms with E-state index in [9.17, 15) is 9.59 Å². The molecule has 2 fully saturated rings. The van der Waals surface area contributed by atoms with Crippen LogP contribution < -0.4 is 15.0 Å². The number of hydrogen-bond donors (Lipinski definition) is 1. The van der Waals surface area contributed by atoms with E-state index >= 15 is 0 Å². The number of nitrogens with zero attached hydrogens (tertiary/aromatic N) is 7. The van der Waals surface area contributed by atoms with Crippen LogP contribution in [0.2, 0.25) is 0 Å². The van der Waals surface area contributed by atoms with Crippen LogP contribution in [0.1, 0.15) is 35.1 Å². The Hall–Kier alpha value is -3.42. The Bertz CT molecular complexity index is 1450. The lowest BCUT2D eigenvalue weighted by atomic mass is 10.1. The van der Waals surface area contributed by atoms with Gasteiger partial charge in [0.25, 0.3) is 5.91 Å². The van der Waals surface area contributed by atoms with Crippen LogP contribution in [0.15, 0.2) is 33.5 Å². The molecule has 0 bridgehead atoms. The fourth-order valence-electron chi connectivity index (χ4n) is 5.23. The fraction of sp³-hybridized carbons (Fsp3) is 0.483. The largest absolute Gasteiger partial charge is 0.496 e. The smallest absolute Gasteiger partial charge is 0.257 e. The van der Waals surface area contributed by atoms with Gasteiger partial charge in [0.1, 0.15) is 23.2 Å². The summed E-state index contributed by atoms with van der Waals surface area (Å²) in [5.41, 5.74) is 1.53. The molecule has 0 spiro atoms. The van der Waals surface area contributed by atoms with Crippen molar-refractivity contribution in [2.24, 2.45) is 0 Å². The number of amides is 2. The van der Waals surface area contributed by atoms with Crippen molar-refractivity contribution < 1.29 is 14.3 Å². The molecule has 42 heavy (non-hydrogen) atoms. The third-order valence-electron chi connectivity index (χ3n) is 7.71. The summed E-state index contributed by atoms with van der Waals surface area (Å²) in [5.74, 6) is 2.85. The SMILES string of the molecule is COc1cc(C)c(Sc2cnc(Nc3cc(N4CC[C@@H](N(C)C)C4)nc(C)n3)s2)cc1C(=O)N1CCN(C(C)=O)CC1. The maximum absolute atomic E-state index is 13.5. The van der Waals surface area contributed by atoms with Crippen LogP contribution in [0.3, 0.4) is 0 Å². The molecule has 2 amide bonds. The molecule has 3 aromatic rings. The molecule has 2 saturated heterocycles. The number of ether oxygens (including phenoxy) is 1. The number of carbonyl (C=O) groups excluding carboxylic acids is 2. The number of likely N-dealkylation sites (N-methyl/N-ethyl adjacent to an activating group) is 1.